The van der Waals surface area contributed by atoms with Gasteiger partial charge in [-0.3, -0.25) is 4.79 Å². The summed E-state index contributed by atoms with van der Waals surface area (Å²) in [5, 5.41) is 11.2. The van der Waals surface area contributed by atoms with E-state index in [2.05, 4.69) is 15.5 Å². The van der Waals surface area contributed by atoms with Crippen LogP contribution in [-0.4, -0.2) is 30.3 Å². The Bertz CT molecular complexity index is 592. The standard InChI is InChI=1S/C12H14N4O3S/c1-18-7-4-3-5-8(19-2)10(7)11(17)14-6-9-15-16-12(13)20-9/h3-5H,6H2,1-2H3,(H2,13,16)(H,14,17). The fourth-order valence-electron chi connectivity index (χ4n) is 1.66. The van der Waals surface area contributed by atoms with Crippen LogP contribution in [0, 0.1) is 0 Å². The molecule has 0 spiro atoms. The predicted octanol–water partition coefficient (Wildman–Crippen LogP) is 1.07. The highest BCUT2D eigenvalue weighted by molar-refractivity contribution is 7.15. The molecule has 20 heavy (non-hydrogen) atoms. The van der Waals surface area contributed by atoms with E-state index < -0.39 is 0 Å². The van der Waals surface area contributed by atoms with Gasteiger partial charge in [-0.1, -0.05) is 17.4 Å². The van der Waals surface area contributed by atoms with Gasteiger partial charge in [0.05, 0.1) is 20.8 Å². The molecule has 0 unspecified atom stereocenters. The summed E-state index contributed by atoms with van der Waals surface area (Å²) in [6, 6.07) is 5.14. The molecule has 106 valence electrons. The highest BCUT2D eigenvalue weighted by atomic mass is 32.1. The minimum Gasteiger partial charge on any atom is -0.496 e. The molecule has 3 N–H and O–H groups in total. The van der Waals surface area contributed by atoms with Gasteiger partial charge < -0.3 is 20.5 Å². The molecule has 0 aliphatic carbocycles. The average molecular weight is 294 g/mol. The van der Waals surface area contributed by atoms with Crippen LogP contribution in [0.5, 0.6) is 11.5 Å². The summed E-state index contributed by atoms with van der Waals surface area (Å²) in [4.78, 5) is 12.2. The summed E-state index contributed by atoms with van der Waals surface area (Å²) in [5.74, 6) is 0.574. The zero-order valence-electron chi connectivity index (χ0n) is 11.0. The van der Waals surface area contributed by atoms with Crippen LogP contribution in [0.25, 0.3) is 0 Å². The first-order valence-electron chi connectivity index (χ1n) is 5.72. The van der Waals surface area contributed by atoms with E-state index in [1.807, 2.05) is 0 Å². The van der Waals surface area contributed by atoms with E-state index in [4.69, 9.17) is 15.2 Å². The van der Waals surface area contributed by atoms with Crippen molar-refractivity contribution in [3.8, 4) is 11.5 Å². The van der Waals surface area contributed by atoms with Crippen molar-refractivity contribution in [2.24, 2.45) is 0 Å². The van der Waals surface area contributed by atoms with E-state index >= 15 is 0 Å². The monoisotopic (exact) mass is 294 g/mol. The zero-order valence-corrected chi connectivity index (χ0v) is 11.9. The van der Waals surface area contributed by atoms with Crippen LogP contribution in [0.3, 0.4) is 0 Å². The highest BCUT2D eigenvalue weighted by Crippen LogP contribution is 2.28. The summed E-state index contributed by atoms with van der Waals surface area (Å²) in [6.45, 7) is 0.245. The summed E-state index contributed by atoms with van der Waals surface area (Å²) in [7, 11) is 2.99. The molecule has 0 aliphatic heterocycles. The molecule has 0 saturated carbocycles. The Morgan fingerprint density at radius 1 is 1.30 bits per heavy atom. The Hall–Kier alpha value is -2.35. The van der Waals surface area contributed by atoms with Crippen LogP contribution in [-0.2, 0) is 6.54 Å². The van der Waals surface area contributed by atoms with Gasteiger partial charge in [0.25, 0.3) is 5.91 Å². The number of aromatic nitrogens is 2. The second-order valence-corrected chi connectivity index (χ2v) is 4.85. The minimum atomic E-state index is -0.312. The molecule has 0 saturated heterocycles. The molecule has 0 fully saturated rings. The largest absolute Gasteiger partial charge is 0.496 e. The number of amides is 1. The molecule has 1 aromatic heterocycles. The SMILES string of the molecule is COc1cccc(OC)c1C(=O)NCc1nnc(N)s1. The lowest BCUT2D eigenvalue weighted by molar-refractivity contribution is 0.0944. The van der Waals surface area contributed by atoms with Crippen molar-refractivity contribution in [1.82, 2.24) is 15.5 Å². The molecule has 0 atom stereocenters. The number of nitrogen functional groups attached to an aromatic ring is 1. The number of nitrogens with two attached hydrogens (primary N) is 1. The van der Waals surface area contributed by atoms with E-state index in [9.17, 15) is 4.79 Å². The Morgan fingerprint density at radius 2 is 1.95 bits per heavy atom. The summed E-state index contributed by atoms with van der Waals surface area (Å²) >= 11 is 1.22. The molecule has 8 heteroatoms. The van der Waals surface area contributed by atoms with Gasteiger partial charge in [0.15, 0.2) is 0 Å². The maximum Gasteiger partial charge on any atom is 0.259 e. The van der Waals surface area contributed by atoms with E-state index in [0.717, 1.165) is 0 Å². The third-order valence-electron chi connectivity index (χ3n) is 2.54. The number of nitrogens with zero attached hydrogens (tertiary/aromatic N) is 2. The molecule has 0 aliphatic rings. The lowest BCUT2D eigenvalue weighted by Crippen LogP contribution is -2.24. The normalized spacial score (nSPS) is 10.1. The van der Waals surface area contributed by atoms with E-state index in [1.165, 1.54) is 25.6 Å². The van der Waals surface area contributed by atoms with Gasteiger partial charge >= 0.3 is 0 Å². The van der Waals surface area contributed by atoms with Crippen molar-refractivity contribution in [2.45, 2.75) is 6.54 Å². The smallest absolute Gasteiger partial charge is 0.259 e. The van der Waals surface area contributed by atoms with Crippen molar-refractivity contribution < 1.29 is 14.3 Å². The lowest BCUT2D eigenvalue weighted by Gasteiger charge is -2.12. The molecular weight excluding hydrogens is 280 g/mol. The van der Waals surface area contributed by atoms with Crippen molar-refractivity contribution in [1.29, 1.82) is 0 Å². The van der Waals surface area contributed by atoms with Crippen LogP contribution >= 0.6 is 11.3 Å². The summed E-state index contributed by atoms with van der Waals surface area (Å²) < 4.78 is 10.4. The van der Waals surface area contributed by atoms with Gasteiger partial charge in [0.1, 0.15) is 22.1 Å². The number of hydrogen-bond donors (Lipinski definition) is 2. The minimum absolute atomic E-state index is 0.245. The Labute approximate surface area is 119 Å². The Morgan fingerprint density at radius 3 is 2.45 bits per heavy atom. The topological polar surface area (TPSA) is 99.4 Å². The summed E-state index contributed by atoms with van der Waals surface area (Å²) in [6.07, 6.45) is 0. The number of nitrogens with one attached hydrogen (secondary N) is 1. The number of methoxy groups -OCH3 is 2. The first-order valence-corrected chi connectivity index (χ1v) is 6.54. The number of rotatable bonds is 5. The van der Waals surface area contributed by atoms with Crippen molar-refractivity contribution in [2.75, 3.05) is 20.0 Å². The van der Waals surface area contributed by atoms with E-state index in [0.29, 0.717) is 27.2 Å². The first-order chi connectivity index (χ1) is 9.65. The second kappa shape index (κ2) is 6.20. The van der Waals surface area contributed by atoms with Gasteiger partial charge in [-0.25, -0.2) is 0 Å². The Kier molecular flexibility index (Phi) is 4.36. The number of carbonyl (C=O) groups is 1. The fraction of sp³-hybridized carbons (Fsp3) is 0.250. The van der Waals surface area contributed by atoms with Gasteiger partial charge in [0, 0.05) is 0 Å². The van der Waals surface area contributed by atoms with Crippen LogP contribution in [0.15, 0.2) is 18.2 Å². The number of ether oxygens (including phenoxy) is 2. The summed E-state index contributed by atoms with van der Waals surface area (Å²) in [5.41, 5.74) is 5.82. The maximum atomic E-state index is 12.2. The fourth-order valence-corrected chi connectivity index (χ4v) is 2.21. The number of hydrogen-bond acceptors (Lipinski definition) is 7. The number of benzene rings is 1. The molecule has 7 nitrogen and oxygen atoms in total. The Balaban J connectivity index is 2.16. The van der Waals surface area contributed by atoms with E-state index in [1.54, 1.807) is 18.2 Å². The average Bonchev–Trinajstić information content (AvgIpc) is 2.89. The third-order valence-corrected chi connectivity index (χ3v) is 3.29. The third kappa shape index (κ3) is 2.97. The van der Waals surface area contributed by atoms with Crippen LogP contribution < -0.4 is 20.5 Å². The molecule has 2 rings (SSSR count). The second-order valence-electron chi connectivity index (χ2n) is 3.75. The molecule has 1 aromatic carbocycles. The number of anilines is 1. The zero-order chi connectivity index (χ0) is 14.5. The van der Waals surface area contributed by atoms with Crippen LogP contribution in [0.1, 0.15) is 15.4 Å². The molecule has 0 bridgehead atoms. The maximum absolute atomic E-state index is 12.2. The molecule has 1 amide bonds. The van der Waals surface area contributed by atoms with Gasteiger partial charge in [-0.2, -0.15) is 0 Å². The molecule has 1 heterocycles. The number of carbonyl (C=O) groups excluding carboxylic acids is 1. The van der Waals surface area contributed by atoms with Crippen LogP contribution in [0.2, 0.25) is 0 Å². The van der Waals surface area contributed by atoms with Crippen molar-refractivity contribution >= 4 is 22.4 Å². The molecule has 2 aromatic rings. The van der Waals surface area contributed by atoms with Gasteiger partial charge in [-0.05, 0) is 12.1 Å². The highest BCUT2D eigenvalue weighted by Gasteiger charge is 2.18. The van der Waals surface area contributed by atoms with Crippen LogP contribution in [0.4, 0.5) is 5.13 Å². The van der Waals surface area contributed by atoms with Crippen molar-refractivity contribution in [3.05, 3.63) is 28.8 Å². The predicted molar refractivity (Wildman–Crippen MR) is 75.0 cm³/mol. The lowest BCUT2D eigenvalue weighted by atomic mass is 10.1. The van der Waals surface area contributed by atoms with Gasteiger partial charge in [0.2, 0.25) is 5.13 Å². The van der Waals surface area contributed by atoms with Gasteiger partial charge in [-0.15, -0.1) is 10.2 Å². The van der Waals surface area contributed by atoms with Crippen molar-refractivity contribution in [3.63, 3.8) is 0 Å². The molecule has 0 radical (unpaired) electrons. The quantitative estimate of drug-likeness (QED) is 0.855. The first kappa shape index (κ1) is 14.1. The molecular formula is C12H14N4O3S. The van der Waals surface area contributed by atoms with E-state index in [-0.39, 0.29) is 12.5 Å².